The molecule has 2 N–H and O–H groups in total. The minimum Gasteiger partial charge on any atom is -0.487 e. The van der Waals surface area contributed by atoms with Gasteiger partial charge in [0.2, 0.25) is 0 Å². The molecular weight excluding hydrogens is 374 g/mol. The summed E-state index contributed by atoms with van der Waals surface area (Å²) in [5.74, 6) is 2.54. The van der Waals surface area contributed by atoms with E-state index < -0.39 is 0 Å². The molecule has 1 atom stereocenters. The quantitative estimate of drug-likeness (QED) is 0.574. The zero-order valence-corrected chi connectivity index (χ0v) is 17.2. The number of benzene rings is 1. The van der Waals surface area contributed by atoms with Crippen LogP contribution in [-0.4, -0.2) is 49.8 Å². The summed E-state index contributed by atoms with van der Waals surface area (Å²) >= 11 is 6.15. The smallest absolute Gasteiger partial charge is 0.191 e. The van der Waals surface area contributed by atoms with Gasteiger partial charge in [-0.3, -0.25) is 4.99 Å². The van der Waals surface area contributed by atoms with E-state index in [1.54, 1.807) is 7.05 Å². The fourth-order valence-corrected chi connectivity index (χ4v) is 3.40. The van der Waals surface area contributed by atoms with Gasteiger partial charge in [-0.15, -0.1) is 0 Å². The van der Waals surface area contributed by atoms with Gasteiger partial charge in [-0.25, -0.2) is 4.98 Å². The summed E-state index contributed by atoms with van der Waals surface area (Å²) in [6.07, 6.45) is 3.90. The minimum absolute atomic E-state index is 0.0375. The summed E-state index contributed by atoms with van der Waals surface area (Å²) in [6.45, 7) is 4.61. The van der Waals surface area contributed by atoms with Crippen LogP contribution in [0.2, 0.25) is 5.02 Å². The average molecular weight is 402 g/mol. The third-order valence-corrected chi connectivity index (χ3v) is 5.07. The number of para-hydroxylation sites is 1. The maximum atomic E-state index is 6.15. The molecule has 2 aromatic rings. The highest BCUT2D eigenvalue weighted by molar-refractivity contribution is 6.32. The molecule has 28 heavy (non-hydrogen) atoms. The Balaban J connectivity index is 1.42. The van der Waals surface area contributed by atoms with E-state index in [2.05, 4.69) is 31.6 Å². The van der Waals surface area contributed by atoms with Crippen LogP contribution in [0.3, 0.4) is 0 Å². The second kappa shape index (κ2) is 10.2. The molecule has 1 saturated heterocycles. The van der Waals surface area contributed by atoms with E-state index in [1.165, 1.54) is 0 Å². The fourth-order valence-electron chi connectivity index (χ4n) is 3.22. The van der Waals surface area contributed by atoms with Gasteiger partial charge in [0.25, 0.3) is 0 Å². The van der Waals surface area contributed by atoms with Gasteiger partial charge in [-0.2, -0.15) is 0 Å². The molecule has 2 heterocycles. The number of guanidine groups is 1. The number of hydrogen-bond acceptors (Lipinski definition) is 4. The Kier molecular flexibility index (Phi) is 7.37. The Hall–Kier alpha value is -2.47. The predicted octanol–water partition coefficient (Wildman–Crippen LogP) is 3.34. The molecule has 0 amide bonds. The second-order valence-corrected chi connectivity index (χ2v) is 7.31. The minimum atomic E-state index is -0.0375. The van der Waals surface area contributed by atoms with Crippen LogP contribution in [0.25, 0.3) is 0 Å². The molecule has 1 unspecified atom stereocenters. The van der Waals surface area contributed by atoms with Crippen molar-refractivity contribution in [1.29, 1.82) is 0 Å². The molecule has 0 bridgehead atoms. The van der Waals surface area contributed by atoms with Crippen molar-refractivity contribution in [3.63, 3.8) is 0 Å². The molecule has 1 aliphatic heterocycles. The number of halogens is 1. The van der Waals surface area contributed by atoms with Gasteiger partial charge in [-0.1, -0.05) is 29.8 Å². The van der Waals surface area contributed by atoms with Gasteiger partial charge in [-0.05, 0) is 44.0 Å². The van der Waals surface area contributed by atoms with Crippen molar-refractivity contribution in [3.8, 4) is 5.75 Å². The van der Waals surface area contributed by atoms with Crippen molar-refractivity contribution in [1.82, 2.24) is 15.6 Å². The third-order valence-electron chi connectivity index (χ3n) is 4.75. The van der Waals surface area contributed by atoms with Gasteiger partial charge in [0.1, 0.15) is 17.7 Å². The largest absolute Gasteiger partial charge is 0.487 e. The van der Waals surface area contributed by atoms with E-state index in [0.29, 0.717) is 23.4 Å². The highest BCUT2D eigenvalue weighted by atomic mass is 35.5. The number of hydrogen-bond donors (Lipinski definition) is 2. The number of nitrogens with zero attached hydrogens (tertiary/aromatic N) is 3. The molecule has 7 heteroatoms. The number of rotatable bonds is 6. The van der Waals surface area contributed by atoms with Gasteiger partial charge in [0.15, 0.2) is 5.96 Å². The Morgan fingerprint density at radius 1 is 1.25 bits per heavy atom. The lowest BCUT2D eigenvalue weighted by Gasteiger charge is -2.33. The van der Waals surface area contributed by atoms with Crippen LogP contribution >= 0.6 is 11.6 Å². The van der Waals surface area contributed by atoms with E-state index in [4.69, 9.17) is 16.3 Å². The first kappa shape index (κ1) is 20.3. The summed E-state index contributed by atoms with van der Waals surface area (Å²) in [5.41, 5.74) is 0. The maximum absolute atomic E-state index is 6.15. The molecule has 1 aromatic carbocycles. The van der Waals surface area contributed by atoms with Crippen LogP contribution in [-0.2, 0) is 0 Å². The molecule has 6 nitrogen and oxygen atoms in total. The lowest BCUT2D eigenvalue weighted by molar-refractivity contribution is 0.224. The zero-order chi connectivity index (χ0) is 19.8. The second-order valence-electron chi connectivity index (χ2n) is 6.91. The van der Waals surface area contributed by atoms with E-state index >= 15 is 0 Å². The summed E-state index contributed by atoms with van der Waals surface area (Å²) in [6, 6.07) is 14.0. The number of piperidine rings is 1. The Morgan fingerprint density at radius 2 is 2.00 bits per heavy atom. The van der Waals surface area contributed by atoms with Crippen molar-refractivity contribution < 1.29 is 4.74 Å². The van der Waals surface area contributed by atoms with E-state index in [-0.39, 0.29) is 6.10 Å². The lowest BCUT2D eigenvalue weighted by Crippen LogP contribution is -2.50. The standard InChI is InChI=1S/C21H28ClN5O/c1-16(28-19-8-4-3-7-18(19)22)15-25-21(23-2)26-17-10-13-27(14-11-17)20-9-5-6-12-24-20/h3-9,12,16-17H,10-11,13-15H2,1-2H3,(H2,23,25,26). The predicted molar refractivity (Wildman–Crippen MR) is 116 cm³/mol. The average Bonchev–Trinajstić information content (AvgIpc) is 2.74. The number of nitrogens with one attached hydrogen (secondary N) is 2. The highest BCUT2D eigenvalue weighted by Crippen LogP contribution is 2.24. The van der Waals surface area contributed by atoms with Crippen LogP contribution < -0.4 is 20.3 Å². The highest BCUT2D eigenvalue weighted by Gasteiger charge is 2.21. The van der Waals surface area contributed by atoms with Crippen LogP contribution in [0.15, 0.2) is 53.7 Å². The monoisotopic (exact) mass is 401 g/mol. The molecule has 1 fully saturated rings. The first-order valence-electron chi connectivity index (χ1n) is 9.70. The van der Waals surface area contributed by atoms with E-state index in [1.807, 2.05) is 49.5 Å². The van der Waals surface area contributed by atoms with E-state index in [9.17, 15) is 0 Å². The molecule has 150 valence electrons. The van der Waals surface area contributed by atoms with Crippen molar-refractivity contribution in [2.75, 3.05) is 31.6 Å². The molecule has 0 spiro atoms. The zero-order valence-electron chi connectivity index (χ0n) is 16.4. The number of aliphatic imine (C=N–C) groups is 1. The molecular formula is C21H28ClN5O. The summed E-state index contributed by atoms with van der Waals surface area (Å²) < 4.78 is 5.90. The van der Waals surface area contributed by atoms with Gasteiger partial charge in [0.05, 0.1) is 11.6 Å². The van der Waals surface area contributed by atoms with Crippen LogP contribution in [0.4, 0.5) is 5.82 Å². The normalized spacial score (nSPS) is 16.5. The van der Waals surface area contributed by atoms with Crippen molar-refractivity contribution in [3.05, 3.63) is 53.7 Å². The SMILES string of the molecule is CN=C(NCC(C)Oc1ccccc1Cl)NC1CCN(c2ccccn2)CC1. The molecule has 0 radical (unpaired) electrons. The maximum Gasteiger partial charge on any atom is 0.191 e. The molecule has 0 saturated carbocycles. The van der Waals surface area contributed by atoms with Gasteiger partial charge >= 0.3 is 0 Å². The molecule has 1 aromatic heterocycles. The van der Waals surface area contributed by atoms with Crippen LogP contribution in [0, 0.1) is 0 Å². The topological polar surface area (TPSA) is 61.8 Å². The fraction of sp³-hybridized carbons (Fsp3) is 0.429. The number of anilines is 1. The van der Waals surface area contributed by atoms with Crippen molar-refractivity contribution in [2.24, 2.45) is 4.99 Å². The first-order chi connectivity index (χ1) is 13.7. The molecule has 1 aliphatic rings. The number of ether oxygens (including phenoxy) is 1. The Morgan fingerprint density at radius 3 is 2.68 bits per heavy atom. The van der Waals surface area contributed by atoms with Crippen molar-refractivity contribution in [2.45, 2.75) is 31.9 Å². The van der Waals surface area contributed by atoms with Crippen molar-refractivity contribution >= 4 is 23.4 Å². The summed E-state index contributed by atoms with van der Waals surface area (Å²) in [7, 11) is 1.79. The number of aromatic nitrogens is 1. The van der Waals surface area contributed by atoms with Crippen LogP contribution in [0.1, 0.15) is 19.8 Å². The lowest BCUT2D eigenvalue weighted by atomic mass is 10.1. The summed E-state index contributed by atoms with van der Waals surface area (Å²) in [4.78, 5) is 11.1. The Bertz CT molecular complexity index is 762. The summed E-state index contributed by atoms with van der Waals surface area (Å²) in [5, 5.41) is 7.48. The number of pyridine rings is 1. The molecule has 3 rings (SSSR count). The van der Waals surface area contributed by atoms with Gasteiger partial charge in [0, 0.05) is 32.4 Å². The van der Waals surface area contributed by atoms with Gasteiger partial charge < -0.3 is 20.3 Å². The third kappa shape index (κ3) is 5.76. The Labute approximate surface area is 172 Å². The van der Waals surface area contributed by atoms with Crippen LogP contribution in [0.5, 0.6) is 5.75 Å². The van der Waals surface area contributed by atoms with E-state index in [0.717, 1.165) is 37.7 Å². The first-order valence-corrected chi connectivity index (χ1v) is 10.1. The molecule has 0 aliphatic carbocycles.